The Morgan fingerprint density at radius 3 is 2.74 bits per heavy atom. The van der Waals surface area contributed by atoms with Gasteiger partial charge in [0.2, 0.25) is 0 Å². The van der Waals surface area contributed by atoms with E-state index < -0.39 is 0 Å². The largest absolute Gasteiger partial charge is 0.486 e. The molecule has 0 saturated heterocycles. The predicted octanol–water partition coefficient (Wildman–Crippen LogP) is 1.95. The first-order chi connectivity index (χ1) is 9.20. The highest BCUT2D eigenvalue weighted by molar-refractivity contribution is 5.43. The zero-order valence-electron chi connectivity index (χ0n) is 11.7. The topological polar surface area (TPSA) is 50.7 Å². The first-order valence-corrected chi connectivity index (χ1v) is 6.98. The minimum Gasteiger partial charge on any atom is -0.486 e. The highest BCUT2D eigenvalue weighted by Crippen LogP contribution is 2.30. The molecule has 2 N–H and O–H groups in total. The SMILES string of the molecule is CCC(C)C(O)CNCc1ccc2c(c1)OCCO2. The lowest BCUT2D eigenvalue weighted by atomic mass is 10.0. The number of ether oxygens (including phenoxy) is 2. The Hall–Kier alpha value is -1.26. The molecule has 1 aliphatic rings. The van der Waals surface area contributed by atoms with Gasteiger partial charge in [0.05, 0.1) is 6.10 Å². The first-order valence-electron chi connectivity index (χ1n) is 6.98. The quantitative estimate of drug-likeness (QED) is 0.825. The number of benzene rings is 1. The van der Waals surface area contributed by atoms with E-state index in [0.717, 1.165) is 30.0 Å². The lowest BCUT2D eigenvalue weighted by Gasteiger charge is -2.20. The van der Waals surface area contributed by atoms with Gasteiger partial charge in [-0.25, -0.2) is 0 Å². The molecule has 19 heavy (non-hydrogen) atoms. The summed E-state index contributed by atoms with van der Waals surface area (Å²) in [5.74, 6) is 1.95. The highest BCUT2D eigenvalue weighted by Gasteiger charge is 2.13. The number of fused-ring (bicyclic) bond motifs is 1. The smallest absolute Gasteiger partial charge is 0.161 e. The Morgan fingerprint density at radius 2 is 2.00 bits per heavy atom. The molecule has 0 amide bonds. The molecule has 1 heterocycles. The molecule has 2 unspecified atom stereocenters. The maximum Gasteiger partial charge on any atom is 0.161 e. The monoisotopic (exact) mass is 265 g/mol. The third-order valence-electron chi connectivity index (χ3n) is 3.59. The Labute approximate surface area is 114 Å². The van der Waals surface area contributed by atoms with E-state index >= 15 is 0 Å². The van der Waals surface area contributed by atoms with Crippen molar-refractivity contribution >= 4 is 0 Å². The van der Waals surface area contributed by atoms with Gasteiger partial charge in [-0.05, 0) is 23.6 Å². The average Bonchev–Trinajstić information content (AvgIpc) is 2.46. The van der Waals surface area contributed by atoms with Crippen LogP contribution in [0.1, 0.15) is 25.8 Å². The molecule has 1 aromatic carbocycles. The molecular formula is C15H23NO3. The van der Waals surface area contributed by atoms with Crippen molar-refractivity contribution in [3.05, 3.63) is 23.8 Å². The van der Waals surface area contributed by atoms with Gasteiger partial charge in [0, 0.05) is 13.1 Å². The summed E-state index contributed by atoms with van der Waals surface area (Å²) in [6.45, 7) is 6.72. The van der Waals surface area contributed by atoms with Crippen molar-refractivity contribution in [1.29, 1.82) is 0 Å². The zero-order chi connectivity index (χ0) is 13.7. The highest BCUT2D eigenvalue weighted by atomic mass is 16.6. The van der Waals surface area contributed by atoms with Gasteiger partial charge in [0.15, 0.2) is 11.5 Å². The van der Waals surface area contributed by atoms with Crippen molar-refractivity contribution in [3.8, 4) is 11.5 Å². The normalized spacial score (nSPS) is 17.0. The van der Waals surface area contributed by atoms with E-state index in [-0.39, 0.29) is 6.10 Å². The fourth-order valence-electron chi connectivity index (χ4n) is 2.04. The summed E-state index contributed by atoms with van der Waals surface area (Å²) in [6, 6.07) is 5.96. The second kappa shape index (κ2) is 6.78. The van der Waals surface area contributed by atoms with Crippen LogP contribution in [0.2, 0.25) is 0 Å². The molecule has 106 valence electrons. The fourth-order valence-corrected chi connectivity index (χ4v) is 2.04. The molecule has 0 fully saturated rings. The van der Waals surface area contributed by atoms with Gasteiger partial charge < -0.3 is 19.9 Å². The second-order valence-corrected chi connectivity index (χ2v) is 5.06. The summed E-state index contributed by atoms with van der Waals surface area (Å²) < 4.78 is 11.0. The molecule has 2 atom stereocenters. The van der Waals surface area contributed by atoms with Crippen LogP contribution in [0, 0.1) is 5.92 Å². The van der Waals surface area contributed by atoms with Gasteiger partial charge >= 0.3 is 0 Å². The molecule has 0 spiro atoms. The first kappa shape index (κ1) is 14.2. The molecule has 0 saturated carbocycles. The molecule has 0 aromatic heterocycles. The summed E-state index contributed by atoms with van der Waals surface area (Å²) in [7, 11) is 0. The van der Waals surface area contributed by atoms with E-state index in [1.54, 1.807) is 0 Å². The van der Waals surface area contributed by atoms with Crippen LogP contribution in [0.5, 0.6) is 11.5 Å². The molecule has 0 aliphatic carbocycles. The Kier molecular flexibility index (Phi) is 5.05. The van der Waals surface area contributed by atoms with Crippen molar-refractivity contribution in [3.63, 3.8) is 0 Å². The fraction of sp³-hybridized carbons (Fsp3) is 0.600. The summed E-state index contributed by atoms with van der Waals surface area (Å²) in [6.07, 6.45) is 0.703. The summed E-state index contributed by atoms with van der Waals surface area (Å²) >= 11 is 0. The van der Waals surface area contributed by atoms with Crippen LogP contribution in [0.4, 0.5) is 0 Å². The number of aliphatic hydroxyl groups excluding tert-OH is 1. The molecule has 1 aliphatic heterocycles. The van der Waals surface area contributed by atoms with Gasteiger partial charge in [-0.15, -0.1) is 0 Å². The summed E-state index contributed by atoms with van der Waals surface area (Å²) in [4.78, 5) is 0. The minimum atomic E-state index is -0.290. The van der Waals surface area contributed by atoms with Gasteiger partial charge in [0.25, 0.3) is 0 Å². The molecular weight excluding hydrogens is 242 g/mol. The van der Waals surface area contributed by atoms with Crippen molar-refractivity contribution in [1.82, 2.24) is 5.32 Å². The molecule has 1 aromatic rings. The standard InChI is InChI=1S/C15H23NO3/c1-3-11(2)13(17)10-16-9-12-4-5-14-15(8-12)19-7-6-18-14/h4-5,8,11,13,16-17H,3,6-7,9-10H2,1-2H3. The van der Waals surface area contributed by atoms with Crippen LogP contribution in [-0.4, -0.2) is 31.0 Å². The van der Waals surface area contributed by atoms with E-state index in [1.807, 2.05) is 18.2 Å². The van der Waals surface area contributed by atoms with E-state index in [2.05, 4.69) is 19.2 Å². The molecule has 0 bridgehead atoms. The van der Waals surface area contributed by atoms with E-state index in [1.165, 1.54) is 0 Å². The average molecular weight is 265 g/mol. The Morgan fingerprint density at radius 1 is 1.26 bits per heavy atom. The maximum atomic E-state index is 9.88. The summed E-state index contributed by atoms with van der Waals surface area (Å²) in [5, 5.41) is 13.2. The number of hydrogen-bond donors (Lipinski definition) is 2. The third-order valence-corrected chi connectivity index (χ3v) is 3.59. The predicted molar refractivity (Wildman–Crippen MR) is 74.6 cm³/mol. The number of nitrogens with one attached hydrogen (secondary N) is 1. The van der Waals surface area contributed by atoms with Crippen molar-refractivity contribution in [2.24, 2.45) is 5.92 Å². The molecule has 4 nitrogen and oxygen atoms in total. The van der Waals surface area contributed by atoms with Crippen LogP contribution in [-0.2, 0) is 6.54 Å². The molecule has 0 radical (unpaired) electrons. The number of rotatable bonds is 6. The minimum absolute atomic E-state index is 0.290. The van der Waals surface area contributed by atoms with Crippen molar-refractivity contribution in [2.75, 3.05) is 19.8 Å². The Bertz CT molecular complexity index is 408. The van der Waals surface area contributed by atoms with Gasteiger partial charge in [-0.3, -0.25) is 0 Å². The van der Waals surface area contributed by atoms with Crippen LogP contribution in [0.25, 0.3) is 0 Å². The van der Waals surface area contributed by atoms with E-state index in [9.17, 15) is 5.11 Å². The van der Waals surface area contributed by atoms with E-state index in [0.29, 0.717) is 25.7 Å². The maximum absolute atomic E-state index is 9.88. The van der Waals surface area contributed by atoms with Crippen LogP contribution in [0.15, 0.2) is 18.2 Å². The third kappa shape index (κ3) is 3.85. The summed E-state index contributed by atoms with van der Waals surface area (Å²) in [5.41, 5.74) is 1.14. The number of hydrogen-bond acceptors (Lipinski definition) is 4. The van der Waals surface area contributed by atoms with Crippen LogP contribution < -0.4 is 14.8 Å². The molecule has 2 rings (SSSR count). The van der Waals surface area contributed by atoms with Crippen molar-refractivity contribution in [2.45, 2.75) is 32.9 Å². The molecule has 4 heteroatoms. The van der Waals surface area contributed by atoms with Gasteiger partial charge in [-0.2, -0.15) is 0 Å². The van der Waals surface area contributed by atoms with Crippen molar-refractivity contribution < 1.29 is 14.6 Å². The lowest BCUT2D eigenvalue weighted by Crippen LogP contribution is -2.31. The van der Waals surface area contributed by atoms with Crippen LogP contribution in [0.3, 0.4) is 0 Å². The van der Waals surface area contributed by atoms with Crippen LogP contribution >= 0.6 is 0 Å². The lowest BCUT2D eigenvalue weighted by molar-refractivity contribution is 0.113. The van der Waals surface area contributed by atoms with Gasteiger partial charge in [0.1, 0.15) is 13.2 Å². The Balaban J connectivity index is 1.83. The van der Waals surface area contributed by atoms with E-state index in [4.69, 9.17) is 9.47 Å². The van der Waals surface area contributed by atoms with Gasteiger partial charge in [-0.1, -0.05) is 26.3 Å². The number of aliphatic hydroxyl groups is 1. The zero-order valence-corrected chi connectivity index (χ0v) is 11.7. The second-order valence-electron chi connectivity index (χ2n) is 5.06.